The summed E-state index contributed by atoms with van der Waals surface area (Å²) in [5.41, 5.74) is -2.68. The smallest absolute Gasteiger partial charge is 0.251 e. The molecule has 1 nitrogen and oxygen atoms in total. The van der Waals surface area contributed by atoms with Crippen LogP contribution in [0.1, 0.15) is 17.7 Å². The average Bonchev–Trinajstić information content (AvgIpc) is 2.01. The number of aromatic nitrogens is 1. The van der Waals surface area contributed by atoms with Gasteiger partial charge in [-0.1, -0.05) is 15.9 Å². The van der Waals surface area contributed by atoms with Gasteiger partial charge in [0.25, 0.3) is 6.43 Å². The third-order valence-electron chi connectivity index (χ3n) is 1.42. The Morgan fingerprint density at radius 2 is 1.86 bits per heavy atom. The van der Waals surface area contributed by atoms with E-state index in [4.69, 9.17) is 0 Å². The molecule has 1 aromatic rings. The molecule has 0 saturated carbocycles. The number of hydrogen-bond donors (Lipinski definition) is 0. The molecule has 0 unspecified atom stereocenters. The van der Waals surface area contributed by atoms with Gasteiger partial charge in [-0.25, -0.2) is 8.78 Å². The van der Waals surface area contributed by atoms with Gasteiger partial charge in [-0.05, 0) is 6.07 Å². The molecule has 0 spiro atoms. The molecule has 0 bridgehead atoms. The maximum absolute atomic E-state index is 12.2. The lowest BCUT2D eigenvalue weighted by atomic mass is 10.2. The monoisotopic (exact) mass is 275 g/mol. The van der Waals surface area contributed by atoms with E-state index in [0.29, 0.717) is 0 Å². The van der Waals surface area contributed by atoms with Crippen molar-refractivity contribution < 1.29 is 22.0 Å². The molecule has 78 valence electrons. The summed E-state index contributed by atoms with van der Waals surface area (Å²) in [6.45, 7) is 0. The number of rotatable bonds is 1. The van der Waals surface area contributed by atoms with Crippen LogP contribution in [0.5, 0.6) is 0 Å². The molecule has 1 rings (SSSR count). The second kappa shape index (κ2) is 3.80. The number of alkyl halides is 5. The van der Waals surface area contributed by atoms with E-state index in [1.807, 2.05) is 0 Å². The van der Waals surface area contributed by atoms with Crippen molar-refractivity contribution in [2.45, 2.75) is 12.6 Å². The van der Waals surface area contributed by atoms with Crippen LogP contribution < -0.4 is 0 Å². The van der Waals surface area contributed by atoms with Crippen molar-refractivity contribution in [3.05, 3.63) is 28.0 Å². The molecule has 0 fully saturated rings. The van der Waals surface area contributed by atoms with Crippen LogP contribution in [0.2, 0.25) is 0 Å². The third kappa shape index (κ3) is 2.20. The highest BCUT2D eigenvalue weighted by Crippen LogP contribution is 2.38. The molecule has 0 N–H and O–H groups in total. The Hall–Kier alpha value is -0.720. The minimum Gasteiger partial charge on any atom is -0.251 e. The van der Waals surface area contributed by atoms with Gasteiger partial charge < -0.3 is 0 Å². The van der Waals surface area contributed by atoms with Crippen molar-refractivity contribution in [3.8, 4) is 0 Å². The topological polar surface area (TPSA) is 12.9 Å². The Morgan fingerprint density at radius 1 is 1.29 bits per heavy atom. The summed E-state index contributed by atoms with van der Waals surface area (Å²) in [5.74, 6) is 0. The molecule has 0 aliphatic carbocycles. The minimum absolute atomic E-state index is 0.296. The fourth-order valence-corrected chi connectivity index (χ4v) is 1.36. The van der Waals surface area contributed by atoms with E-state index in [0.717, 1.165) is 12.3 Å². The van der Waals surface area contributed by atoms with Crippen molar-refractivity contribution in [2.24, 2.45) is 0 Å². The predicted octanol–water partition coefficient (Wildman–Crippen LogP) is 3.80. The van der Waals surface area contributed by atoms with E-state index >= 15 is 0 Å². The van der Waals surface area contributed by atoms with Crippen molar-refractivity contribution in [1.82, 2.24) is 4.98 Å². The molecule has 0 aliphatic heterocycles. The number of hydrogen-bond acceptors (Lipinski definition) is 1. The zero-order valence-corrected chi connectivity index (χ0v) is 8.03. The van der Waals surface area contributed by atoms with Crippen LogP contribution in [-0.4, -0.2) is 4.98 Å². The molecule has 7 heteroatoms. The quantitative estimate of drug-likeness (QED) is 0.711. The predicted molar refractivity (Wildman–Crippen MR) is 41.9 cm³/mol. The van der Waals surface area contributed by atoms with Gasteiger partial charge in [0.2, 0.25) is 0 Å². The van der Waals surface area contributed by atoms with E-state index < -0.39 is 23.9 Å². The Kier molecular flexibility index (Phi) is 3.08. The zero-order chi connectivity index (χ0) is 10.9. The first kappa shape index (κ1) is 11.4. The molecule has 14 heavy (non-hydrogen) atoms. The maximum Gasteiger partial charge on any atom is 0.433 e. The average molecular weight is 276 g/mol. The zero-order valence-electron chi connectivity index (χ0n) is 6.45. The first-order valence-electron chi connectivity index (χ1n) is 3.33. The molecule has 1 aromatic heterocycles. The summed E-state index contributed by atoms with van der Waals surface area (Å²) in [6.07, 6.45) is -7.26. The van der Waals surface area contributed by atoms with E-state index in [1.165, 1.54) is 0 Å². The highest BCUT2D eigenvalue weighted by Gasteiger charge is 2.38. The second-order valence-corrected chi connectivity index (χ2v) is 3.21. The fraction of sp³-hybridized carbons (Fsp3) is 0.286. The molecular weight excluding hydrogens is 273 g/mol. The number of pyridine rings is 1. The van der Waals surface area contributed by atoms with Crippen LogP contribution in [0.25, 0.3) is 0 Å². The Bertz CT molecular complexity index is 335. The van der Waals surface area contributed by atoms with Gasteiger partial charge in [0, 0.05) is 10.7 Å². The third-order valence-corrected chi connectivity index (χ3v) is 2.12. The minimum atomic E-state index is -4.87. The van der Waals surface area contributed by atoms with Gasteiger partial charge in [0.05, 0.1) is 5.56 Å². The van der Waals surface area contributed by atoms with Crippen LogP contribution in [0.4, 0.5) is 22.0 Å². The largest absolute Gasteiger partial charge is 0.433 e. The van der Waals surface area contributed by atoms with Gasteiger partial charge in [-0.15, -0.1) is 0 Å². The van der Waals surface area contributed by atoms with E-state index in [9.17, 15) is 22.0 Å². The standard InChI is InChI=1S/C7H3BrF5N/c8-3-1-2-14-5(7(11,12)13)4(3)6(9)10/h1-2,6H. The first-order chi connectivity index (χ1) is 6.34. The summed E-state index contributed by atoms with van der Waals surface area (Å²) in [6, 6.07) is 1.04. The Labute approximate surface area is 84.1 Å². The summed E-state index contributed by atoms with van der Waals surface area (Å²) in [4.78, 5) is 2.90. The van der Waals surface area contributed by atoms with Crippen molar-refractivity contribution >= 4 is 15.9 Å². The SMILES string of the molecule is FC(F)c1c(Br)ccnc1C(F)(F)F. The molecule has 0 radical (unpaired) electrons. The van der Waals surface area contributed by atoms with Gasteiger partial charge in [-0.3, -0.25) is 4.98 Å². The Balaban J connectivity index is 3.36. The highest BCUT2D eigenvalue weighted by molar-refractivity contribution is 9.10. The number of halogens is 6. The van der Waals surface area contributed by atoms with E-state index in [1.54, 1.807) is 0 Å². The molecule has 0 aromatic carbocycles. The van der Waals surface area contributed by atoms with Crippen molar-refractivity contribution in [1.29, 1.82) is 0 Å². The lowest BCUT2D eigenvalue weighted by molar-refractivity contribution is -0.143. The van der Waals surface area contributed by atoms with Gasteiger partial charge >= 0.3 is 6.18 Å². The molecule has 0 aliphatic rings. The molecular formula is C7H3BrF5N. The molecule has 0 amide bonds. The summed E-state index contributed by atoms with van der Waals surface area (Å²) in [7, 11) is 0. The van der Waals surface area contributed by atoms with Crippen LogP contribution in [0, 0.1) is 0 Å². The molecule has 0 saturated heterocycles. The van der Waals surface area contributed by atoms with Crippen LogP contribution in [-0.2, 0) is 6.18 Å². The molecule has 0 atom stereocenters. The summed E-state index contributed by atoms with van der Waals surface area (Å²) < 4.78 is 60.7. The maximum atomic E-state index is 12.2. The lowest BCUT2D eigenvalue weighted by Crippen LogP contribution is -2.12. The van der Waals surface area contributed by atoms with E-state index in [2.05, 4.69) is 20.9 Å². The first-order valence-corrected chi connectivity index (χ1v) is 4.13. The summed E-state index contributed by atoms with van der Waals surface area (Å²) >= 11 is 2.62. The normalized spacial score (nSPS) is 12.2. The van der Waals surface area contributed by atoms with Crippen LogP contribution in [0.3, 0.4) is 0 Å². The highest BCUT2D eigenvalue weighted by atomic mass is 79.9. The van der Waals surface area contributed by atoms with Gasteiger partial charge in [0.15, 0.2) is 5.69 Å². The van der Waals surface area contributed by atoms with Crippen LogP contribution in [0.15, 0.2) is 16.7 Å². The molecule has 1 heterocycles. The number of nitrogens with zero attached hydrogens (tertiary/aromatic N) is 1. The lowest BCUT2D eigenvalue weighted by Gasteiger charge is -2.11. The Morgan fingerprint density at radius 3 is 2.21 bits per heavy atom. The second-order valence-electron chi connectivity index (χ2n) is 2.35. The van der Waals surface area contributed by atoms with Crippen molar-refractivity contribution in [3.63, 3.8) is 0 Å². The van der Waals surface area contributed by atoms with Gasteiger partial charge in [-0.2, -0.15) is 13.2 Å². The van der Waals surface area contributed by atoms with E-state index in [-0.39, 0.29) is 4.47 Å². The fourth-order valence-electron chi connectivity index (χ4n) is 0.883. The van der Waals surface area contributed by atoms with Crippen LogP contribution >= 0.6 is 15.9 Å². The van der Waals surface area contributed by atoms with Gasteiger partial charge in [0.1, 0.15) is 0 Å². The van der Waals surface area contributed by atoms with Crippen molar-refractivity contribution in [2.75, 3.05) is 0 Å². The summed E-state index contributed by atoms with van der Waals surface area (Å²) in [5, 5.41) is 0.